The first-order valence-corrected chi connectivity index (χ1v) is 7.12. The van der Waals surface area contributed by atoms with Gasteiger partial charge in [0, 0.05) is 13.0 Å². The van der Waals surface area contributed by atoms with Crippen molar-refractivity contribution in [3.05, 3.63) is 0 Å². The highest BCUT2D eigenvalue weighted by Gasteiger charge is 2.12. The first-order chi connectivity index (χ1) is 8.29. The van der Waals surface area contributed by atoms with Crippen molar-refractivity contribution in [2.45, 2.75) is 76.7 Å². The molecule has 1 fully saturated rings. The van der Waals surface area contributed by atoms with E-state index in [1.54, 1.807) is 0 Å². The van der Waals surface area contributed by atoms with Crippen molar-refractivity contribution >= 4 is 5.97 Å². The van der Waals surface area contributed by atoms with E-state index in [4.69, 9.17) is 9.84 Å². The third-order valence-electron chi connectivity index (χ3n) is 3.44. The minimum atomic E-state index is -0.667. The molecular weight excluding hydrogens is 216 g/mol. The Balaban J connectivity index is 1.79. The van der Waals surface area contributed by atoms with Crippen LogP contribution in [0.25, 0.3) is 0 Å². The highest BCUT2D eigenvalue weighted by Crippen LogP contribution is 2.18. The summed E-state index contributed by atoms with van der Waals surface area (Å²) in [6.45, 7) is 0.958. The van der Waals surface area contributed by atoms with E-state index >= 15 is 0 Å². The van der Waals surface area contributed by atoms with E-state index < -0.39 is 5.97 Å². The predicted octanol–water partition coefficient (Wildman–Crippen LogP) is 3.76. The van der Waals surface area contributed by atoms with Crippen LogP contribution < -0.4 is 0 Å². The second kappa shape index (κ2) is 9.46. The number of rotatable bonds is 9. The van der Waals surface area contributed by atoms with Crippen molar-refractivity contribution in [2.75, 3.05) is 6.61 Å². The minimum absolute atomic E-state index is 0.329. The molecule has 0 aromatic heterocycles. The van der Waals surface area contributed by atoms with E-state index in [2.05, 4.69) is 0 Å². The fourth-order valence-electron chi connectivity index (χ4n) is 2.39. The average molecular weight is 242 g/mol. The van der Waals surface area contributed by atoms with Crippen LogP contribution in [-0.2, 0) is 9.53 Å². The van der Waals surface area contributed by atoms with Crippen LogP contribution in [0.3, 0.4) is 0 Å². The van der Waals surface area contributed by atoms with Gasteiger partial charge in [-0.2, -0.15) is 0 Å². The van der Waals surface area contributed by atoms with Crippen LogP contribution in [0.2, 0.25) is 0 Å². The molecule has 0 aromatic rings. The Morgan fingerprint density at radius 3 is 2.41 bits per heavy atom. The summed E-state index contributed by atoms with van der Waals surface area (Å²) in [5.74, 6) is -0.667. The molecule has 0 saturated carbocycles. The quantitative estimate of drug-likeness (QED) is 0.626. The molecule has 1 N–H and O–H groups in total. The SMILES string of the molecule is O=C(O)CCCCCCCCC1CCCCO1. The highest BCUT2D eigenvalue weighted by molar-refractivity contribution is 5.66. The van der Waals surface area contributed by atoms with Crippen molar-refractivity contribution < 1.29 is 14.6 Å². The van der Waals surface area contributed by atoms with Crippen molar-refractivity contribution in [1.82, 2.24) is 0 Å². The maximum absolute atomic E-state index is 10.3. The first-order valence-electron chi connectivity index (χ1n) is 7.12. The normalized spacial score (nSPS) is 20.4. The zero-order valence-corrected chi connectivity index (χ0v) is 10.8. The fourth-order valence-corrected chi connectivity index (χ4v) is 2.39. The molecule has 100 valence electrons. The lowest BCUT2D eigenvalue weighted by Gasteiger charge is -2.22. The van der Waals surface area contributed by atoms with Crippen LogP contribution in [0.1, 0.15) is 70.6 Å². The van der Waals surface area contributed by atoms with Crippen LogP contribution in [0.4, 0.5) is 0 Å². The summed E-state index contributed by atoms with van der Waals surface area (Å²) in [7, 11) is 0. The summed E-state index contributed by atoms with van der Waals surface area (Å²) >= 11 is 0. The van der Waals surface area contributed by atoms with Gasteiger partial charge in [0.2, 0.25) is 0 Å². The van der Waals surface area contributed by atoms with Crippen LogP contribution in [0.15, 0.2) is 0 Å². The van der Waals surface area contributed by atoms with Gasteiger partial charge in [-0.3, -0.25) is 4.79 Å². The van der Waals surface area contributed by atoms with Gasteiger partial charge in [0.05, 0.1) is 6.10 Å². The first kappa shape index (κ1) is 14.5. The Morgan fingerprint density at radius 1 is 1.06 bits per heavy atom. The molecule has 0 aliphatic carbocycles. The van der Waals surface area contributed by atoms with Crippen molar-refractivity contribution in [2.24, 2.45) is 0 Å². The molecule has 3 heteroatoms. The number of ether oxygens (including phenoxy) is 1. The Morgan fingerprint density at radius 2 is 1.76 bits per heavy atom. The lowest BCUT2D eigenvalue weighted by Crippen LogP contribution is -2.18. The third-order valence-corrected chi connectivity index (χ3v) is 3.44. The molecule has 1 saturated heterocycles. The van der Waals surface area contributed by atoms with Crippen molar-refractivity contribution in [3.63, 3.8) is 0 Å². The molecule has 17 heavy (non-hydrogen) atoms. The van der Waals surface area contributed by atoms with Crippen LogP contribution in [0, 0.1) is 0 Å². The van der Waals surface area contributed by atoms with Crippen LogP contribution >= 0.6 is 0 Å². The molecule has 1 heterocycles. The smallest absolute Gasteiger partial charge is 0.303 e. The Kier molecular flexibility index (Phi) is 8.06. The van der Waals surface area contributed by atoms with E-state index in [1.807, 2.05) is 0 Å². The number of hydrogen-bond donors (Lipinski definition) is 1. The van der Waals surface area contributed by atoms with E-state index in [-0.39, 0.29) is 0 Å². The number of carbonyl (C=O) groups is 1. The molecule has 0 aromatic carbocycles. The van der Waals surface area contributed by atoms with E-state index in [0.29, 0.717) is 12.5 Å². The fraction of sp³-hybridized carbons (Fsp3) is 0.929. The topological polar surface area (TPSA) is 46.5 Å². The number of aliphatic carboxylic acids is 1. The van der Waals surface area contributed by atoms with Gasteiger partial charge in [-0.1, -0.05) is 32.1 Å². The molecule has 3 nitrogen and oxygen atoms in total. The maximum atomic E-state index is 10.3. The van der Waals surface area contributed by atoms with Crippen molar-refractivity contribution in [3.8, 4) is 0 Å². The molecule has 0 radical (unpaired) electrons. The Labute approximate surface area is 105 Å². The van der Waals surface area contributed by atoms with Gasteiger partial charge in [0.1, 0.15) is 0 Å². The zero-order valence-electron chi connectivity index (χ0n) is 10.8. The molecule has 1 aliphatic rings. The molecule has 1 rings (SSSR count). The molecule has 0 bridgehead atoms. The van der Waals surface area contributed by atoms with Gasteiger partial charge >= 0.3 is 5.97 Å². The Hall–Kier alpha value is -0.570. The number of carboxylic acids is 1. The minimum Gasteiger partial charge on any atom is -0.481 e. The summed E-state index contributed by atoms with van der Waals surface area (Å²) in [6, 6.07) is 0. The summed E-state index contributed by atoms with van der Waals surface area (Å²) in [6.07, 6.45) is 12.7. The second-order valence-corrected chi connectivity index (χ2v) is 5.04. The van der Waals surface area contributed by atoms with Gasteiger partial charge in [-0.05, 0) is 32.1 Å². The van der Waals surface area contributed by atoms with Gasteiger partial charge in [-0.15, -0.1) is 0 Å². The van der Waals surface area contributed by atoms with Gasteiger partial charge in [0.15, 0.2) is 0 Å². The lowest BCUT2D eigenvalue weighted by atomic mass is 10.0. The zero-order chi connectivity index (χ0) is 12.3. The van der Waals surface area contributed by atoms with Crippen LogP contribution in [-0.4, -0.2) is 23.8 Å². The van der Waals surface area contributed by atoms with Gasteiger partial charge in [-0.25, -0.2) is 0 Å². The number of carboxylic acid groups (broad SMARTS) is 1. The summed E-state index contributed by atoms with van der Waals surface area (Å²) < 4.78 is 5.68. The molecule has 1 unspecified atom stereocenters. The van der Waals surface area contributed by atoms with Gasteiger partial charge in [0.25, 0.3) is 0 Å². The second-order valence-electron chi connectivity index (χ2n) is 5.04. The average Bonchev–Trinajstić information content (AvgIpc) is 2.33. The van der Waals surface area contributed by atoms with E-state index in [1.165, 1.54) is 51.4 Å². The molecule has 0 spiro atoms. The number of hydrogen-bond acceptors (Lipinski definition) is 2. The monoisotopic (exact) mass is 242 g/mol. The number of unbranched alkanes of at least 4 members (excludes halogenated alkanes) is 5. The molecular formula is C14H26O3. The lowest BCUT2D eigenvalue weighted by molar-refractivity contribution is -0.137. The van der Waals surface area contributed by atoms with E-state index in [9.17, 15) is 4.79 Å². The third kappa shape index (κ3) is 8.19. The Bertz CT molecular complexity index is 198. The predicted molar refractivity (Wildman–Crippen MR) is 68.2 cm³/mol. The summed E-state index contributed by atoms with van der Waals surface area (Å²) in [5, 5.41) is 8.48. The standard InChI is InChI=1S/C14H26O3/c15-14(16)11-6-4-2-1-3-5-9-13-10-7-8-12-17-13/h13H,1-12H2,(H,15,16). The molecule has 0 amide bonds. The largest absolute Gasteiger partial charge is 0.481 e. The van der Waals surface area contributed by atoms with Gasteiger partial charge < -0.3 is 9.84 Å². The molecule has 1 aliphatic heterocycles. The molecule has 1 atom stereocenters. The highest BCUT2D eigenvalue weighted by atomic mass is 16.5. The summed E-state index contributed by atoms with van der Waals surface area (Å²) in [4.78, 5) is 10.3. The van der Waals surface area contributed by atoms with Crippen molar-refractivity contribution in [1.29, 1.82) is 0 Å². The van der Waals surface area contributed by atoms with E-state index in [0.717, 1.165) is 19.4 Å². The maximum Gasteiger partial charge on any atom is 0.303 e. The summed E-state index contributed by atoms with van der Waals surface area (Å²) in [5.41, 5.74) is 0. The van der Waals surface area contributed by atoms with Crippen LogP contribution in [0.5, 0.6) is 0 Å².